The van der Waals surface area contributed by atoms with Crippen LogP contribution in [0.3, 0.4) is 0 Å². The summed E-state index contributed by atoms with van der Waals surface area (Å²) in [5.41, 5.74) is 6.92. The molecule has 5 nitrogen and oxygen atoms in total. The Morgan fingerprint density at radius 2 is 1.90 bits per heavy atom. The minimum Gasteiger partial charge on any atom is -0.310 e. The summed E-state index contributed by atoms with van der Waals surface area (Å²) in [6.07, 6.45) is 6.66. The van der Waals surface area contributed by atoms with Crippen molar-refractivity contribution in [3.8, 4) is 11.1 Å². The standard InChI is InChI=1S/C26H26N4O/c1-16-6-3-4-7-20(16)18-10-11-25(27-14-18)29-26(31)22-9-5-8-21(22)23-13-24-19(12-17(23)2)15-28-30-24/h3-4,6-7,10-15,21-22H,5,8-9H2,1-2H3,(H,28,30)(H,27,29,31). The Balaban J connectivity index is 1.34. The van der Waals surface area contributed by atoms with E-state index in [0.29, 0.717) is 5.82 Å². The van der Waals surface area contributed by atoms with Crippen LogP contribution < -0.4 is 5.32 Å². The molecular formula is C26H26N4O. The molecule has 1 fully saturated rings. The Hall–Kier alpha value is -3.47. The first-order chi connectivity index (χ1) is 15.1. The smallest absolute Gasteiger partial charge is 0.229 e. The number of anilines is 1. The summed E-state index contributed by atoms with van der Waals surface area (Å²) < 4.78 is 0. The van der Waals surface area contributed by atoms with Gasteiger partial charge in [-0.3, -0.25) is 9.89 Å². The Bertz CT molecular complexity index is 1240. The molecule has 2 unspecified atom stereocenters. The number of nitrogens with one attached hydrogen (secondary N) is 2. The van der Waals surface area contributed by atoms with Gasteiger partial charge in [-0.25, -0.2) is 4.98 Å². The van der Waals surface area contributed by atoms with E-state index in [1.165, 1.54) is 16.7 Å². The van der Waals surface area contributed by atoms with Gasteiger partial charge in [0.2, 0.25) is 5.91 Å². The molecule has 2 aromatic heterocycles. The van der Waals surface area contributed by atoms with Gasteiger partial charge in [-0.15, -0.1) is 0 Å². The van der Waals surface area contributed by atoms with E-state index in [4.69, 9.17) is 0 Å². The zero-order valence-corrected chi connectivity index (χ0v) is 17.9. The van der Waals surface area contributed by atoms with Gasteiger partial charge in [-0.1, -0.05) is 30.7 Å². The number of H-pyrrole nitrogens is 1. The number of pyridine rings is 1. The molecule has 2 atom stereocenters. The van der Waals surface area contributed by atoms with E-state index in [1.807, 2.05) is 36.7 Å². The molecule has 31 heavy (non-hydrogen) atoms. The molecule has 1 amide bonds. The van der Waals surface area contributed by atoms with Crippen molar-refractivity contribution in [2.75, 3.05) is 5.32 Å². The molecule has 2 N–H and O–H groups in total. The lowest BCUT2D eigenvalue weighted by Crippen LogP contribution is -2.25. The van der Waals surface area contributed by atoms with E-state index in [-0.39, 0.29) is 17.7 Å². The van der Waals surface area contributed by atoms with E-state index >= 15 is 0 Å². The number of benzene rings is 2. The first-order valence-corrected chi connectivity index (χ1v) is 10.9. The van der Waals surface area contributed by atoms with Crippen molar-refractivity contribution >= 4 is 22.6 Å². The SMILES string of the molecule is Cc1ccccc1-c1ccc(NC(=O)C2CCCC2c2cc3[nH]ncc3cc2C)nc1. The van der Waals surface area contributed by atoms with Crippen LogP contribution in [0.15, 0.2) is 60.9 Å². The van der Waals surface area contributed by atoms with Gasteiger partial charge in [0.25, 0.3) is 0 Å². The fourth-order valence-corrected chi connectivity index (χ4v) is 4.91. The number of aromatic amines is 1. The molecule has 5 rings (SSSR count). The fourth-order valence-electron chi connectivity index (χ4n) is 4.91. The minimum absolute atomic E-state index is 0.0445. The molecule has 5 heteroatoms. The number of hydrogen-bond donors (Lipinski definition) is 2. The predicted octanol–water partition coefficient (Wildman–Crippen LogP) is 5.76. The van der Waals surface area contributed by atoms with Crippen molar-refractivity contribution in [2.24, 2.45) is 5.92 Å². The van der Waals surface area contributed by atoms with Gasteiger partial charge in [0, 0.05) is 23.1 Å². The van der Waals surface area contributed by atoms with Crippen LogP contribution >= 0.6 is 0 Å². The number of hydrogen-bond acceptors (Lipinski definition) is 3. The molecule has 156 valence electrons. The normalized spacial score (nSPS) is 18.4. The van der Waals surface area contributed by atoms with Gasteiger partial charge < -0.3 is 5.32 Å². The minimum atomic E-state index is -0.0445. The zero-order valence-electron chi connectivity index (χ0n) is 17.9. The molecule has 0 saturated heterocycles. The Kier molecular flexibility index (Phi) is 5.02. The van der Waals surface area contributed by atoms with Crippen LogP contribution in [-0.4, -0.2) is 21.1 Å². The number of amides is 1. The van der Waals surface area contributed by atoms with Crippen molar-refractivity contribution < 1.29 is 4.79 Å². The maximum absolute atomic E-state index is 13.2. The van der Waals surface area contributed by atoms with Gasteiger partial charge in [0.15, 0.2) is 0 Å². The predicted molar refractivity (Wildman–Crippen MR) is 124 cm³/mol. The average molecular weight is 411 g/mol. The lowest BCUT2D eigenvalue weighted by Gasteiger charge is -2.21. The average Bonchev–Trinajstić information content (AvgIpc) is 3.43. The number of carbonyl (C=O) groups is 1. The van der Waals surface area contributed by atoms with Gasteiger partial charge in [0.05, 0.1) is 11.7 Å². The second kappa shape index (κ2) is 7.99. The number of nitrogens with zero attached hydrogens (tertiary/aromatic N) is 2. The molecule has 0 bridgehead atoms. The molecular weight excluding hydrogens is 384 g/mol. The summed E-state index contributed by atoms with van der Waals surface area (Å²) in [5.74, 6) is 0.840. The molecule has 2 aromatic carbocycles. The van der Waals surface area contributed by atoms with Crippen molar-refractivity contribution in [1.29, 1.82) is 0 Å². The lowest BCUT2D eigenvalue weighted by atomic mass is 9.85. The number of aromatic nitrogens is 3. The van der Waals surface area contributed by atoms with Crippen LogP contribution in [0.5, 0.6) is 0 Å². The van der Waals surface area contributed by atoms with Crippen LogP contribution in [0.4, 0.5) is 5.82 Å². The maximum atomic E-state index is 13.2. The van der Waals surface area contributed by atoms with Crippen LogP contribution in [0.1, 0.15) is 41.9 Å². The van der Waals surface area contributed by atoms with Gasteiger partial charge in [0.1, 0.15) is 5.82 Å². The first-order valence-electron chi connectivity index (χ1n) is 10.9. The van der Waals surface area contributed by atoms with Crippen LogP contribution in [-0.2, 0) is 4.79 Å². The van der Waals surface area contributed by atoms with E-state index in [0.717, 1.165) is 41.3 Å². The van der Waals surface area contributed by atoms with Gasteiger partial charge in [-0.2, -0.15) is 5.10 Å². The quantitative estimate of drug-likeness (QED) is 0.449. The van der Waals surface area contributed by atoms with E-state index < -0.39 is 0 Å². The molecule has 2 heterocycles. The number of carbonyl (C=O) groups excluding carboxylic acids is 1. The fraction of sp³-hybridized carbons (Fsp3) is 0.269. The highest BCUT2D eigenvalue weighted by Gasteiger charge is 2.35. The summed E-state index contributed by atoms with van der Waals surface area (Å²) in [6.45, 7) is 4.22. The maximum Gasteiger partial charge on any atom is 0.229 e. The Morgan fingerprint density at radius 1 is 1.03 bits per heavy atom. The Labute approximate surface area is 181 Å². The second-order valence-corrected chi connectivity index (χ2v) is 8.55. The third-order valence-corrected chi connectivity index (χ3v) is 6.55. The lowest BCUT2D eigenvalue weighted by molar-refractivity contribution is -0.120. The zero-order chi connectivity index (χ0) is 21.4. The summed E-state index contributed by atoms with van der Waals surface area (Å²) in [5, 5.41) is 11.4. The molecule has 0 aliphatic heterocycles. The van der Waals surface area contributed by atoms with Crippen molar-refractivity contribution in [3.63, 3.8) is 0 Å². The van der Waals surface area contributed by atoms with Crippen molar-refractivity contribution in [3.05, 3.63) is 77.6 Å². The highest BCUT2D eigenvalue weighted by molar-refractivity contribution is 5.93. The summed E-state index contributed by atoms with van der Waals surface area (Å²) >= 11 is 0. The molecule has 0 radical (unpaired) electrons. The van der Waals surface area contributed by atoms with E-state index in [1.54, 1.807) is 0 Å². The van der Waals surface area contributed by atoms with E-state index in [9.17, 15) is 4.79 Å². The number of fused-ring (bicyclic) bond motifs is 1. The topological polar surface area (TPSA) is 70.7 Å². The summed E-state index contributed by atoms with van der Waals surface area (Å²) in [7, 11) is 0. The molecule has 1 aliphatic rings. The summed E-state index contributed by atoms with van der Waals surface area (Å²) in [6, 6.07) is 16.5. The van der Waals surface area contributed by atoms with Crippen molar-refractivity contribution in [1.82, 2.24) is 15.2 Å². The second-order valence-electron chi connectivity index (χ2n) is 8.55. The third-order valence-electron chi connectivity index (χ3n) is 6.55. The summed E-state index contributed by atoms with van der Waals surface area (Å²) in [4.78, 5) is 17.7. The van der Waals surface area contributed by atoms with Gasteiger partial charge >= 0.3 is 0 Å². The largest absolute Gasteiger partial charge is 0.310 e. The number of aryl methyl sites for hydroxylation is 2. The van der Waals surface area contributed by atoms with Crippen LogP contribution in [0.25, 0.3) is 22.0 Å². The monoisotopic (exact) mass is 410 g/mol. The van der Waals surface area contributed by atoms with E-state index in [2.05, 4.69) is 58.6 Å². The van der Waals surface area contributed by atoms with Gasteiger partial charge in [-0.05, 0) is 79.1 Å². The molecule has 1 aliphatic carbocycles. The molecule has 4 aromatic rings. The Morgan fingerprint density at radius 3 is 2.71 bits per heavy atom. The third kappa shape index (κ3) is 3.72. The highest BCUT2D eigenvalue weighted by atomic mass is 16.2. The molecule has 0 spiro atoms. The first kappa shape index (κ1) is 19.5. The van der Waals surface area contributed by atoms with Crippen LogP contribution in [0.2, 0.25) is 0 Å². The van der Waals surface area contributed by atoms with Crippen molar-refractivity contribution in [2.45, 2.75) is 39.0 Å². The molecule has 1 saturated carbocycles. The van der Waals surface area contributed by atoms with Crippen LogP contribution in [0, 0.1) is 19.8 Å². The number of rotatable bonds is 4. The highest BCUT2D eigenvalue weighted by Crippen LogP contribution is 2.42.